The van der Waals surface area contributed by atoms with Gasteiger partial charge in [-0.15, -0.1) is 0 Å². The molecule has 380 valence electrons. The largest absolute Gasteiger partial charge is 0.481 e. The fourth-order valence-electron chi connectivity index (χ4n) is 9.31. The van der Waals surface area contributed by atoms with E-state index in [1.165, 1.54) is 0 Å². The zero-order valence-corrected chi connectivity index (χ0v) is 39.0. The average Bonchev–Trinajstić information content (AvgIpc) is 3.35. The minimum absolute atomic E-state index is 0.169. The molecule has 0 radical (unpaired) electrons. The van der Waals surface area contributed by atoms with Crippen LogP contribution < -0.4 is 9.47 Å². The third-order valence-electron chi connectivity index (χ3n) is 13.3. The van der Waals surface area contributed by atoms with Gasteiger partial charge < -0.3 is 79.8 Å². The van der Waals surface area contributed by atoms with Crippen LogP contribution in [0.1, 0.15) is 47.9 Å². The molecule has 0 aromatic heterocycles. The second kappa shape index (κ2) is 24.9. The quantitative estimate of drug-likeness (QED) is 0.0501. The van der Waals surface area contributed by atoms with Crippen LogP contribution in [-0.4, -0.2) is 187 Å². The first kappa shape index (κ1) is 52.8. The number of carbonyl (C=O) groups is 2. The van der Waals surface area contributed by atoms with Gasteiger partial charge in [0.15, 0.2) is 0 Å². The van der Waals surface area contributed by atoms with E-state index in [0.29, 0.717) is 44.9 Å². The van der Waals surface area contributed by atoms with Gasteiger partial charge >= 0.3 is 11.9 Å². The van der Waals surface area contributed by atoms with E-state index in [4.69, 9.17) is 18.9 Å². The highest BCUT2D eigenvalue weighted by Crippen LogP contribution is 2.37. The maximum absolute atomic E-state index is 11.5. The fraction of sp³-hybridized carbons (Fsp3) is 0.500. The summed E-state index contributed by atoms with van der Waals surface area (Å²) in [6.45, 7) is 4.55. The van der Waals surface area contributed by atoms with Crippen molar-refractivity contribution >= 4 is 11.9 Å². The first-order valence-corrected chi connectivity index (χ1v) is 24.0. The van der Waals surface area contributed by atoms with Crippen molar-refractivity contribution < 1.29 is 79.6 Å². The molecule has 0 unspecified atom stereocenters. The number of aliphatic hydroxyl groups is 8. The Bertz CT molecular complexity index is 2180. The van der Waals surface area contributed by atoms with Gasteiger partial charge in [-0.25, -0.2) is 0 Å². The van der Waals surface area contributed by atoms with Crippen molar-refractivity contribution in [1.29, 1.82) is 0 Å². The first-order chi connectivity index (χ1) is 33.7. The standard InChI is InChI=1S/C52H66N2O16/c55-29-41-45(61)47(63)49(65)51(69-41)67-39-15-13-31(25-37(39)35-11-5-9-33(23-35)27-43(57)58)7-1-3-17-53-19-21-54(22-20-53)18-4-2-8-32-14-16-40(68-52-50(66)48(64)46(62)42(30-56)70-52)38(26-32)36-12-6-10-34(24-36)28-44(59)60/h5-6,9-16,23-26,41-42,45-52,55-56,61-66H,1-4,7-8,17-22,27-30H2,(H,57,58)(H,59,60)/t41-,42-,45-,46-,47+,48+,49+,50+,51+,52+/m1/s1. The Balaban J connectivity index is 0.895. The predicted octanol–water partition coefficient (Wildman–Crippen LogP) is 1.60. The molecule has 0 amide bonds. The summed E-state index contributed by atoms with van der Waals surface area (Å²) >= 11 is 0. The summed E-state index contributed by atoms with van der Waals surface area (Å²) in [4.78, 5) is 28.0. The van der Waals surface area contributed by atoms with E-state index in [-0.39, 0.29) is 12.8 Å². The number of aliphatic carboxylic acids is 2. The summed E-state index contributed by atoms with van der Waals surface area (Å²) in [5.41, 5.74) is 5.92. The molecule has 0 aliphatic carbocycles. The highest BCUT2D eigenvalue weighted by molar-refractivity contribution is 5.76. The molecule has 10 N–H and O–H groups in total. The summed E-state index contributed by atoms with van der Waals surface area (Å²) in [5, 5.41) is 101. The molecule has 0 bridgehead atoms. The van der Waals surface area contributed by atoms with Gasteiger partial charge in [-0.3, -0.25) is 9.59 Å². The monoisotopic (exact) mass is 974 g/mol. The van der Waals surface area contributed by atoms with Crippen molar-refractivity contribution in [3.63, 3.8) is 0 Å². The average molecular weight is 975 g/mol. The van der Waals surface area contributed by atoms with Crippen LogP contribution in [0.15, 0.2) is 84.9 Å². The first-order valence-electron chi connectivity index (χ1n) is 24.0. The van der Waals surface area contributed by atoms with Crippen LogP contribution in [-0.2, 0) is 44.7 Å². The van der Waals surface area contributed by atoms with Crippen LogP contribution in [0.25, 0.3) is 22.3 Å². The molecule has 70 heavy (non-hydrogen) atoms. The number of hydrogen-bond donors (Lipinski definition) is 10. The fourth-order valence-corrected chi connectivity index (χ4v) is 9.31. The topological polar surface area (TPSA) is 280 Å². The number of carboxylic acids is 2. The second-order valence-corrected chi connectivity index (χ2v) is 18.4. The number of rotatable bonds is 22. The number of aryl methyl sites for hydroxylation is 2. The molecule has 0 saturated carbocycles. The number of ether oxygens (including phenoxy) is 4. The van der Waals surface area contributed by atoms with Crippen LogP contribution in [0.3, 0.4) is 0 Å². The molecular weight excluding hydrogens is 909 g/mol. The number of hydrogen-bond acceptors (Lipinski definition) is 16. The summed E-state index contributed by atoms with van der Waals surface area (Å²) in [6, 6.07) is 25.5. The normalized spacial score (nSPS) is 26.5. The molecule has 10 atom stereocenters. The lowest BCUT2D eigenvalue weighted by Gasteiger charge is -2.39. The molecule has 18 heteroatoms. The molecule has 4 aromatic carbocycles. The number of unbranched alkanes of at least 4 members (excludes halogenated alkanes) is 2. The van der Waals surface area contributed by atoms with Crippen molar-refractivity contribution in [1.82, 2.24) is 9.80 Å². The lowest BCUT2D eigenvalue weighted by atomic mass is 9.96. The van der Waals surface area contributed by atoms with E-state index in [9.17, 15) is 60.7 Å². The Morgan fingerprint density at radius 3 is 1.27 bits per heavy atom. The smallest absolute Gasteiger partial charge is 0.307 e. The molecule has 0 spiro atoms. The Morgan fingerprint density at radius 1 is 0.500 bits per heavy atom. The van der Waals surface area contributed by atoms with Crippen molar-refractivity contribution in [2.75, 3.05) is 52.5 Å². The van der Waals surface area contributed by atoms with Gasteiger partial charge in [-0.2, -0.15) is 0 Å². The third kappa shape index (κ3) is 13.7. The molecular formula is C52H66N2O16. The Labute approximate surface area is 406 Å². The van der Waals surface area contributed by atoms with E-state index >= 15 is 0 Å². The summed E-state index contributed by atoms with van der Waals surface area (Å²) < 4.78 is 23.4. The molecule has 3 aliphatic heterocycles. The highest BCUT2D eigenvalue weighted by atomic mass is 16.7. The lowest BCUT2D eigenvalue weighted by molar-refractivity contribution is -0.277. The van der Waals surface area contributed by atoms with Crippen LogP contribution in [0.2, 0.25) is 0 Å². The summed E-state index contributed by atoms with van der Waals surface area (Å²) in [7, 11) is 0. The van der Waals surface area contributed by atoms with E-state index in [0.717, 1.165) is 88.9 Å². The number of aliphatic hydroxyl groups excluding tert-OH is 8. The van der Waals surface area contributed by atoms with Crippen molar-refractivity contribution in [2.45, 2.75) is 113 Å². The van der Waals surface area contributed by atoms with Crippen LogP contribution in [0.4, 0.5) is 0 Å². The van der Waals surface area contributed by atoms with Crippen LogP contribution in [0.5, 0.6) is 11.5 Å². The highest BCUT2D eigenvalue weighted by Gasteiger charge is 2.46. The molecule has 3 heterocycles. The molecule has 3 saturated heterocycles. The van der Waals surface area contributed by atoms with Gasteiger partial charge in [-0.05, 0) is 109 Å². The van der Waals surface area contributed by atoms with Crippen LogP contribution in [0, 0.1) is 0 Å². The minimum Gasteiger partial charge on any atom is -0.481 e. The predicted molar refractivity (Wildman–Crippen MR) is 254 cm³/mol. The third-order valence-corrected chi connectivity index (χ3v) is 13.3. The number of carboxylic acid groups (broad SMARTS) is 2. The molecule has 7 rings (SSSR count). The van der Waals surface area contributed by atoms with E-state index in [1.807, 2.05) is 36.4 Å². The van der Waals surface area contributed by atoms with Gasteiger partial charge in [0, 0.05) is 37.3 Å². The zero-order chi connectivity index (χ0) is 49.9. The van der Waals surface area contributed by atoms with Crippen LogP contribution >= 0.6 is 0 Å². The van der Waals surface area contributed by atoms with Crippen molar-refractivity contribution in [3.8, 4) is 33.8 Å². The lowest BCUT2D eigenvalue weighted by Crippen LogP contribution is -2.60. The molecule has 3 fully saturated rings. The number of piperazine rings is 1. The van der Waals surface area contributed by atoms with Gasteiger partial charge in [0.1, 0.15) is 60.3 Å². The molecule has 3 aliphatic rings. The molecule has 4 aromatic rings. The van der Waals surface area contributed by atoms with E-state index in [1.54, 1.807) is 48.5 Å². The van der Waals surface area contributed by atoms with E-state index < -0.39 is 86.6 Å². The Morgan fingerprint density at radius 2 is 0.900 bits per heavy atom. The van der Waals surface area contributed by atoms with Gasteiger partial charge in [-0.1, -0.05) is 60.7 Å². The zero-order valence-electron chi connectivity index (χ0n) is 39.0. The van der Waals surface area contributed by atoms with Gasteiger partial charge in [0.05, 0.1) is 26.1 Å². The maximum atomic E-state index is 11.5. The Hall–Kier alpha value is -5.06. The summed E-state index contributed by atoms with van der Waals surface area (Å²) in [5.74, 6) is -1.29. The summed E-state index contributed by atoms with van der Waals surface area (Å²) in [6.07, 6.45) is -9.51. The molecule has 18 nitrogen and oxygen atoms in total. The Kier molecular flexibility index (Phi) is 18.7. The SMILES string of the molecule is O=C(O)Cc1cccc(-c2cc(CCCCN3CCN(CCCCc4ccc(O[C@H]5O[C@H](CO)[C@@H](O)[C@H](O)[C@@H]5O)c(-c5cccc(CC(=O)O)c5)c4)CC3)ccc2O[C@H]2O[C@H](CO)[C@@H](O)[C@H](O)[C@@H]2O)c1. The number of benzene rings is 4. The second-order valence-electron chi connectivity index (χ2n) is 18.4. The van der Waals surface area contributed by atoms with Gasteiger partial charge in [0.2, 0.25) is 12.6 Å². The van der Waals surface area contributed by atoms with Gasteiger partial charge in [0.25, 0.3) is 0 Å². The van der Waals surface area contributed by atoms with E-state index in [2.05, 4.69) is 9.80 Å². The maximum Gasteiger partial charge on any atom is 0.307 e. The minimum atomic E-state index is -1.61. The van der Waals surface area contributed by atoms with Crippen molar-refractivity contribution in [3.05, 3.63) is 107 Å². The van der Waals surface area contributed by atoms with Crippen molar-refractivity contribution in [2.24, 2.45) is 0 Å². The number of nitrogens with zero attached hydrogens (tertiary/aromatic N) is 2.